The van der Waals surface area contributed by atoms with E-state index < -0.39 is 31.4 Å². The van der Waals surface area contributed by atoms with Gasteiger partial charge in [-0.1, -0.05) is 53.5 Å². The maximum Gasteiger partial charge on any atom is 0.394 e. The molecule has 0 aliphatic heterocycles. The van der Waals surface area contributed by atoms with Crippen molar-refractivity contribution in [2.45, 2.75) is 25.0 Å². The highest BCUT2D eigenvalue weighted by molar-refractivity contribution is 7.86. The van der Waals surface area contributed by atoms with E-state index in [1.165, 1.54) is 12.1 Å². The quantitative estimate of drug-likeness (QED) is 0.128. The van der Waals surface area contributed by atoms with Crippen LogP contribution in [0.3, 0.4) is 0 Å². The van der Waals surface area contributed by atoms with Gasteiger partial charge in [0.15, 0.2) is 0 Å². The smallest absolute Gasteiger partial charge is 0.394 e. The summed E-state index contributed by atoms with van der Waals surface area (Å²) in [5.74, 6) is -0.304. The molecule has 18 heteroatoms. The molecule has 0 aliphatic carbocycles. The van der Waals surface area contributed by atoms with Crippen LogP contribution >= 0.6 is 23.2 Å². The first-order valence-electron chi connectivity index (χ1n) is 12.0. The predicted molar refractivity (Wildman–Crippen MR) is 162 cm³/mol. The molecule has 0 radical (unpaired) electrons. The summed E-state index contributed by atoms with van der Waals surface area (Å²) < 4.78 is 73.0. The Morgan fingerprint density at radius 2 is 1.66 bits per heavy atom. The molecule has 7 N–H and O–H groups in total. The number of benzene rings is 3. The molecule has 44 heavy (non-hydrogen) atoms. The van der Waals surface area contributed by atoms with Crippen LogP contribution < -0.4 is 21.5 Å². The number of aryl methyl sites for hydroxylation is 1. The van der Waals surface area contributed by atoms with E-state index in [1.54, 1.807) is 18.2 Å². The first kappa shape index (κ1) is 34.4. The fourth-order valence-electron chi connectivity index (χ4n) is 3.77. The molecule has 4 rings (SSSR count). The highest BCUT2D eigenvalue weighted by Crippen LogP contribution is 2.37. The number of nitrogens with one attached hydrogen (secondary N) is 1. The average molecular weight is 689 g/mol. The lowest BCUT2D eigenvalue weighted by Crippen LogP contribution is -2.23. The van der Waals surface area contributed by atoms with Crippen molar-refractivity contribution in [2.75, 3.05) is 11.5 Å². The van der Waals surface area contributed by atoms with E-state index in [2.05, 4.69) is 15.3 Å². The zero-order valence-electron chi connectivity index (χ0n) is 22.5. The number of rotatable bonds is 8. The molecule has 3 aromatic carbocycles. The Bertz CT molecular complexity index is 1920. The number of halogens is 3. The molecule has 0 bridgehead atoms. The summed E-state index contributed by atoms with van der Waals surface area (Å²) in [6.45, 7) is 2.16. The summed E-state index contributed by atoms with van der Waals surface area (Å²) in [4.78, 5) is 20.1. The van der Waals surface area contributed by atoms with Crippen LogP contribution in [0.25, 0.3) is 11.1 Å². The Morgan fingerprint density at radius 3 is 2.27 bits per heavy atom. The number of hydrogen-bond donors (Lipinski definition) is 5. The van der Waals surface area contributed by atoms with Crippen LogP contribution in [-0.4, -0.2) is 41.8 Å². The van der Waals surface area contributed by atoms with E-state index in [0.29, 0.717) is 21.2 Å². The van der Waals surface area contributed by atoms with Gasteiger partial charge in [-0.2, -0.15) is 26.8 Å². The van der Waals surface area contributed by atoms with Gasteiger partial charge in [0.2, 0.25) is 11.8 Å². The molecule has 4 aromatic rings. The molecule has 0 saturated heterocycles. The molecule has 0 fully saturated rings. The normalized spacial score (nSPS) is 11.3. The van der Waals surface area contributed by atoms with Crippen molar-refractivity contribution < 1.29 is 39.4 Å². The lowest BCUT2D eigenvalue weighted by atomic mass is 10.0. The molecule has 13 nitrogen and oxygen atoms in total. The van der Waals surface area contributed by atoms with E-state index in [-0.39, 0.29) is 36.4 Å². The Labute approximate surface area is 261 Å². The van der Waals surface area contributed by atoms with E-state index in [0.717, 1.165) is 28.8 Å². The van der Waals surface area contributed by atoms with Gasteiger partial charge in [0, 0.05) is 12.1 Å². The van der Waals surface area contributed by atoms with Gasteiger partial charge in [-0.25, -0.2) is 0 Å². The zero-order valence-corrected chi connectivity index (χ0v) is 25.7. The summed E-state index contributed by atoms with van der Waals surface area (Å²) in [6, 6.07) is 15.2. The first-order chi connectivity index (χ1) is 20.4. The third-order valence-corrected chi connectivity index (χ3v) is 7.29. The number of carbonyl (C=O) groups excluding carboxylic acids is 1. The summed E-state index contributed by atoms with van der Waals surface area (Å²) in [5, 5.41) is 3.42. The minimum absolute atomic E-state index is 0.0255. The summed E-state index contributed by atoms with van der Waals surface area (Å²) >= 11 is 12.2. The number of ether oxygens (including phenoxy) is 1. The van der Waals surface area contributed by atoms with E-state index in [1.807, 2.05) is 25.1 Å². The van der Waals surface area contributed by atoms with Crippen molar-refractivity contribution in [3.8, 4) is 17.0 Å². The SMILES string of the molecule is Cc1cc(COc2nc(N)nc(N)c2-c2ccc(Cl)c(Cl)c2)ccc1CNC(=O)c1cccc(S(=O)(=O)F)c1.O=S(=O)(O)O. The highest BCUT2D eigenvalue weighted by Gasteiger charge is 2.18. The van der Waals surface area contributed by atoms with Gasteiger partial charge in [-0.05, 0) is 59.5 Å². The van der Waals surface area contributed by atoms with Gasteiger partial charge in [-0.15, -0.1) is 3.89 Å². The molecule has 1 amide bonds. The van der Waals surface area contributed by atoms with Crippen LogP contribution in [0.2, 0.25) is 10.0 Å². The fraction of sp³-hybridized carbons (Fsp3) is 0.115. The van der Waals surface area contributed by atoms with Gasteiger partial charge in [0.25, 0.3) is 5.91 Å². The van der Waals surface area contributed by atoms with E-state index in [9.17, 15) is 17.1 Å². The Morgan fingerprint density at radius 1 is 0.977 bits per heavy atom. The largest absolute Gasteiger partial charge is 0.472 e. The zero-order chi connectivity index (χ0) is 32.8. The second-order valence-corrected chi connectivity index (χ2v) is 12.0. The molecular formula is C26H24Cl2FN5O8S2. The van der Waals surface area contributed by atoms with Crippen LogP contribution in [0, 0.1) is 6.92 Å². The number of carbonyl (C=O) groups is 1. The molecule has 0 spiro atoms. The van der Waals surface area contributed by atoms with Gasteiger partial charge < -0.3 is 21.5 Å². The monoisotopic (exact) mass is 687 g/mol. The molecular weight excluding hydrogens is 664 g/mol. The third-order valence-electron chi connectivity index (χ3n) is 5.73. The Balaban J connectivity index is 0.000000978. The Kier molecular flexibility index (Phi) is 11.1. The van der Waals surface area contributed by atoms with Crippen LogP contribution in [0.4, 0.5) is 15.7 Å². The summed E-state index contributed by atoms with van der Waals surface area (Å²) in [7, 11) is -9.58. The lowest BCUT2D eigenvalue weighted by Gasteiger charge is -2.15. The summed E-state index contributed by atoms with van der Waals surface area (Å²) in [6.07, 6.45) is 0. The fourth-order valence-corrected chi connectivity index (χ4v) is 4.57. The van der Waals surface area contributed by atoms with Crippen molar-refractivity contribution >= 4 is 61.5 Å². The molecule has 1 heterocycles. The van der Waals surface area contributed by atoms with Crippen LogP contribution in [0.15, 0.2) is 65.6 Å². The predicted octanol–water partition coefficient (Wildman–Crippen LogP) is 4.44. The molecule has 1 aromatic heterocycles. The van der Waals surface area contributed by atoms with Gasteiger partial charge >= 0.3 is 20.6 Å². The number of hydrogen-bond acceptors (Lipinski definition) is 10. The number of nitrogens with two attached hydrogens (primary N) is 2. The highest BCUT2D eigenvalue weighted by atomic mass is 35.5. The minimum atomic E-state index is -4.92. The lowest BCUT2D eigenvalue weighted by molar-refractivity contribution is 0.0950. The molecule has 0 saturated carbocycles. The minimum Gasteiger partial charge on any atom is -0.472 e. The second kappa shape index (κ2) is 14.1. The van der Waals surface area contributed by atoms with Crippen molar-refractivity contribution in [3.05, 3.63) is 93.0 Å². The van der Waals surface area contributed by atoms with Crippen molar-refractivity contribution in [2.24, 2.45) is 0 Å². The average Bonchev–Trinajstić information content (AvgIpc) is 2.91. The maximum absolute atomic E-state index is 13.3. The van der Waals surface area contributed by atoms with E-state index >= 15 is 0 Å². The first-order valence-corrected chi connectivity index (χ1v) is 15.6. The molecule has 234 valence electrons. The number of aromatic nitrogens is 2. The molecule has 0 aliphatic rings. The number of nitrogens with zero attached hydrogens (tertiary/aromatic N) is 2. The number of amides is 1. The molecule has 0 unspecified atom stereocenters. The van der Waals surface area contributed by atoms with Gasteiger partial charge in [-0.3, -0.25) is 13.9 Å². The second-order valence-electron chi connectivity index (χ2n) is 8.92. The van der Waals surface area contributed by atoms with E-state index in [4.69, 9.17) is 56.9 Å². The van der Waals surface area contributed by atoms with Crippen LogP contribution in [0.1, 0.15) is 27.0 Å². The topological polar surface area (TPSA) is 225 Å². The van der Waals surface area contributed by atoms with Gasteiger partial charge in [0.1, 0.15) is 12.4 Å². The standard InChI is InChI=1S/C26H22Cl2FN5O4S.H2O4S/c1-14-9-15(5-6-18(14)12-32-24(35)17-3-2-4-19(10-17)39(29,36)37)13-38-25-22(23(30)33-26(31)34-25)16-7-8-20(27)21(28)11-16;1-5(2,3)4/h2-11H,12-13H2,1H3,(H,32,35)(H4,30,31,33,34);(H2,1,2,3,4). The van der Waals surface area contributed by atoms with Crippen LogP contribution in [-0.2, 0) is 33.8 Å². The molecule has 0 atom stereocenters. The van der Waals surface area contributed by atoms with Gasteiger partial charge in [0.05, 0.1) is 20.5 Å². The van der Waals surface area contributed by atoms with Crippen molar-refractivity contribution in [3.63, 3.8) is 0 Å². The van der Waals surface area contributed by atoms with Crippen LogP contribution in [0.5, 0.6) is 5.88 Å². The third kappa shape index (κ3) is 10.0. The number of nitrogen functional groups attached to an aromatic ring is 2. The summed E-state index contributed by atoms with van der Waals surface area (Å²) in [5.41, 5.74) is 15.4. The Hall–Kier alpha value is -4.06. The van der Waals surface area contributed by atoms with Crippen molar-refractivity contribution in [1.29, 1.82) is 0 Å². The van der Waals surface area contributed by atoms with Crippen molar-refractivity contribution in [1.82, 2.24) is 15.3 Å². The number of anilines is 2. The maximum atomic E-state index is 13.3.